The second kappa shape index (κ2) is 7.82. The molecule has 8 nitrogen and oxygen atoms in total. The number of aromatic nitrogens is 6. The van der Waals surface area contributed by atoms with E-state index in [1.807, 2.05) is 46.6 Å². The maximum Gasteiger partial charge on any atom is 0.247 e. The van der Waals surface area contributed by atoms with Gasteiger partial charge in [-0.05, 0) is 49.6 Å². The van der Waals surface area contributed by atoms with Crippen LogP contribution in [0.25, 0.3) is 5.69 Å². The first-order chi connectivity index (χ1) is 15.1. The van der Waals surface area contributed by atoms with Gasteiger partial charge in [-0.1, -0.05) is 12.1 Å². The molecule has 4 aromatic rings. The molecule has 31 heavy (non-hydrogen) atoms. The Labute approximate surface area is 178 Å². The van der Waals surface area contributed by atoms with Gasteiger partial charge in [-0.2, -0.15) is 9.97 Å². The van der Waals surface area contributed by atoms with Gasteiger partial charge in [0.05, 0.1) is 19.1 Å². The zero-order valence-electron chi connectivity index (χ0n) is 17.3. The Hall–Kier alpha value is -3.75. The summed E-state index contributed by atoms with van der Waals surface area (Å²) >= 11 is 0. The zero-order valence-corrected chi connectivity index (χ0v) is 17.3. The molecule has 0 aliphatic carbocycles. The Kier molecular flexibility index (Phi) is 4.85. The Bertz CT molecular complexity index is 1220. The minimum atomic E-state index is -0.238. The van der Waals surface area contributed by atoms with Crippen LogP contribution >= 0.6 is 0 Å². The normalized spacial score (nSPS) is 15.5. The molecule has 0 radical (unpaired) electrons. The number of aryl methyl sites for hydroxylation is 2. The summed E-state index contributed by atoms with van der Waals surface area (Å²) in [5.41, 5.74) is 2.75. The standard InChI is InChI=1S/C22H22FN7O/c1-14-12-29(13-24-14)18-9-10-19(25-21(18)31-2)26-22-27-20-17(4-3-11-30(20)28-22)15-5-7-16(23)8-6-15/h5-10,12-13,17H,3-4,11H2,1-2H3,(H,25,26,28). The van der Waals surface area contributed by atoms with Crippen LogP contribution in [0, 0.1) is 12.7 Å². The molecule has 1 N–H and O–H groups in total. The van der Waals surface area contributed by atoms with Gasteiger partial charge in [0.15, 0.2) is 0 Å². The Morgan fingerprint density at radius 1 is 1.13 bits per heavy atom. The molecular formula is C22H22FN7O. The third-order valence-corrected chi connectivity index (χ3v) is 5.41. The lowest BCUT2D eigenvalue weighted by molar-refractivity contribution is 0.396. The first-order valence-corrected chi connectivity index (χ1v) is 10.1. The van der Waals surface area contributed by atoms with E-state index in [2.05, 4.69) is 20.4 Å². The first kappa shape index (κ1) is 19.2. The molecule has 1 unspecified atom stereocenters. The van der Waals surface area contributed by atoms with E-state index in [-0.39, 0.29) is 11.7 Å². The predicted octanol–water partition coefficient (Wildman–Crippen LogP) is 3.98. The van der Waals surface area contributed by atoms with Crippen molar-refractivity contribution in [1.82, 2.24) is 29.3 Å². The fraction of sp³-hybridized carbons (Fsp3) is 0.273. The second-order valence-electron chi connectivity index (χ2n) is 7.54. The maximum absolute atomic E-state index is 13.3. The fourth-order valence-electron chi connectivity index (χ4n) is 3.93. The largest absolute Gasteiger partial charge is 0.479 e. The van der Waals surface area contributed by atoms with E-state index < -0.39 is 0 Å². The molecule has 3 aromatic heterocycles. The van der Waals surface area contributed by atoms with E-state index in [9.17, 15) is 4.39 Å². The third kappa shape index (κ3) is 3.74. The van der Waals surface area contributed by atoms with Crippen LogP contribution in [0.5, 0.6) is 5.88 Å². The number of methoxy groups -OCH3 is 1. The van der Waals surface area contributed by atoms with Crippen LogP contribution in [0.3, 0.4) is 0 Å². The van der Waals surface area contributed by atoms with E-state index in [0.29, 0.717) is 17.6 Å². The van der Waals surface area contributed by atoms with Crippen molar-refractivity contribution >= 4 is 11.8 Å². The number of benzene rings is 1. The fourth-order valence-corrected chi connectivity index (χ4v) is 3.93. The van der Waals surface area contributed by atoms with Crippen molar-refractivity contribution in [3.63, 3.8) is 0 Å². The number of nitrogens with zero attached hydrogens (tertiary/aromatic N) is 6. The van der Waals surface area contributed by atoms with Crippen molar-refractivity contribution in [2.24, 2.45) is 0 Å². The summed E-state index contributed by atoms with van der Waals surface area (Å²) in [7, 11) is 1.58. The summed E-state index contributed by atoms with van der Waals surface area (Å²) in [6.07, 6.45) is 5.58. The Morgan fingerprint density at radius 3 is 2.71 bits per heavy atom. The third-order valence-electron chi connectivity index (χ3n) is 5.41. The van der Waals surface area contributed by atoms with Crippen molar-refractivity contribution in [1.29, 1.82) is 0 Å². The molecule has 0 bridgehead atoms. The van der Waals surface area contributed by atoms with Crippen LogP contribution in [0.4, 0.5) is 16.2 Å². The van der Waals surface area contributed by atoms with E-state index in [1.54, 1.807) is 13.4 Å². The molecule has 158 valence electrons. The number of halogens is 1. The molecule has 5 rings (SSSR count). The highest BCUT2D eigenvalue weighted by Gasteiger charge is 2.26. The maximum atomic E-state index is 13.3. The van der Waals surface area contributed by atoms with Gasteiger partial charge in [0.25, 0.3) is 0 Å². The predicted molar refractivity (Wildman–Crippen MR) is 113 cm³/mol. The van der Waals surface area contributed by atoms with E-state index in [0.717, 1.165) is 42.2 Å². The van der Waals surface area contributed by atoms with Crippen LogP contribution in [-0.2, 0) is 6.54 Å². The molecule has 1 aliphatic rings. The summed E-state index contributed by atoms with van der Waals surface area (Å²) < 4.78 is 22.6. The van der Waals surface area contributed by atoms with Crippen molar-refractivity contribution in [3.8, 4) is 11.6 Å². The van der Waals surface area contributed by atoms with Crippen molar-refractivity contribution in [3.05, 3.63) is 71.8 Å². The number of hydrogen-bond acceptors (Lipinski definition) is 6. The van der Waals surface area contributed by atoms with Crippen LogP contribution in [0.1, 0.15) is 35.8 Å². The number of nitrogens with one attached hydrogen (secondary N) is 1. The van der Waals surface area contributed by atoms with Crippen LogP contribution < -0.4 is 10.1 Å². The van der Waals surface area contributed by atoms with Crippen LogP contribution in [0.2, 0.25) is 0 Å². The summed E-state index contributed by atoms with van der Waals surface area (Å²) in [4.78, 5) is 13.5. The highest BCUT2D eigenvalue weighted by Crippen LogP contribution is 2.33. The SMILES string of the molecule is COc1nc(Nc2nc3n(n2)CCCC3c2ccc(F)cc2)ccc1-n1cnc(C)c1. The molecule has 1 aromatic carbocycles. The van der Waals surface area contributed by atoms with Gasteiger partial charge >= 0.3 is 0 Å². The van der Waals surface area contributed by atoms with E-state index >= 15 is 0 Å². The summed E-state index contributed by atoms with van der Waals surface area (Å²) in [5.74, 6) is 2.25. The summed E-state index contributed by atoms with van der Waals surface area (Å²) in [5, 5.41) is 7.78. The average Bonchev–Trinajstić information content (AvgIpc) is 3.39. The van der Waals surface area contributed by atoms with Crippen LogP contribution in [0.15, 0.2) is 48.9 Å². The number of ether oxygens (including phenoxy) is 1. The lowest BCUT2D eigenvalue weighted by Gasteiger charge is -2.22. The number of rotatable bonds is 5. The first-order valence-electron chi connectivity index (χ1n) is 10.1. The summed E-state index contributed by atoms with van der Waals surface area (Å²) in [6, 6.07) is 10.4. The van der Waals surface area contributed by atoms with Crippen molar-refractivity contribution in [2.75, 3.05) is 12.4 Å². The molecule has 0 fully saturated rings. The molecule has 1 aliphatic heterocycles. The number of pyridine rings is 1. The van der Waals surface area contributed by atoms with E-state index in [1.165, 1.54) is 12.1 Å². The number of anilines is 2. The van der Waals surface area contributed by atoms with Gasteiger partial charge in [-0.25, -0.2) is 14.1 Å². The van der Waals surface area contributed by atoms with Gasteiger partial charge < -0.3 is 14.6 Å². The molecule has 0 amide bonds. The molecule has 0 saturated carbocycles. The van der Waals surface area contributed by atoms with Gasteiger partial charge in [-0.15, -0.1) is 5.10 Å². The second-order valence-corrected chi connectivity index (χ2v) is 7.54. The monoisotopic (exact) mass is 419 g/mol. The lowest BCUT2D eigenvalue weighted by atomic mass is 9.91. The minimum Gasteiger partial charge on any atom is -0.479 e. The molecule has 1 atom stereocenters. The van der Waals surface area contributed by atoms with E-state index in [4.69, 9.17) is 9.72 Å². The zero-order chi connectivity index (χ0) is 21.4. The van der Waals surface area contributed by atoms with Crippen LogP contribution in [-0.4, -0.2) is 36.4 Å². The highest BCUT2D eigenvalue weighted by atomic mass is 19.1. The van der Waals surface area contributed by atoms with Crippen molar-refractivity contribution < 1.29 is 9.13 Å². The number of hydrogen-bond donors (Lipinski definition) is 1. The highest BCUT2D eigenvalue weighted by molar-refractivity contribution is 5.54. The number of fused-ring (bicyclic) bond motifs is 1. The molecule has 9 heteroatoms. The number of imidazole rings is 1. The molecule has 0 saturated heterocycles. The molecule has 4 heterocycles. The molecular weight excluding hydrogens is 397 g/mol. The topological polar surface area (TPSA) is 82.7 Å². The van der Waals surface area contributed by atoms with Gasteiger partial charge in [0.2, 0.25) is 11.8 Å². The smallest absolute Gasteiger partial charge is 0.247 e. The molecule has 0 spiro atoms. The minimum absolute atomic E-state index is 0.0896. The quantitative estimate of drug-likeness (QED) is 0.527. The van der Waals surface area contributed by atoms with Gasteiger partial charge in [-0.3, -0.25) is 0 Å². The Morgan fingerprint density at radius 2 is 1.97 bits per heavy atom. The van der Waals surface area contributed by atoms with Crippen molar-refractivity contribution in [2.45, 2.75) is 32.2 Å². The van der Waals surface area contributed by atoms with Gasteiger partial charge in [0.1, 0.15) is 23.1 Å². The Balaban J connectivity index is 1.42. The lowest BCUT2D eigenvalue weighted by Crippen LogP contribution is -2.17. The van der Waals surface area contributed by atoms with Gasteiger partial charge in [0, 0.05) is 18.7 Å². The summed E-state index contributed by atoms with van der Waals surface area (Å²) in [6.45, 7) is 2.73. The average molecular weight is 419 g/mol.